The van der Waals surface area contributed by atoms with E-state index in [1.807, 2.05) is 36.7 Å². The van der Waals surface area contributed by atoms with Crippen LogP contribution in [0.25, 0.3) is 22.3 Å². The van der Waals surface area contributed by atoms with E-state index in [0.717, 1.165) is 5.39 Å². The number of aromatic nitrogens is 3. The van der Waals surface area contributed by atoms with Crippen molar-refractivity contribution < 1.29 is 5.11 Å². The number of hydrogen-bond acceptors (Lipinski definition) is 3. The Morgan fingerprint density at radius 2 is 2.13 bits per heavy atom. The van der Waals surface area contributed by atoms with Gasteiger partial charge in [0.25, 0.3) is 5.56 Å². The molecule has 2 aromatic heterocycles. The Bertz CT molecular complexity index is 912. The highest BCUT2D eigenvalue weighted by atomic mass is 35.5. The van der Waals surface area contributed by atoms with Gasteiger partial charge in [0.15, 0.2) is 0 Å². The average Bonchev–Trinajstić information content (AvgIpc) is 2.93. The summed E-state index contributed by atoms with van der Waals surface area (Å²) in [4.78, 5) is 19.6. The van der Waals surface area contributed by atoms with Gasteiger partial charge >= 0.3 is 0 Å². The Kier molecular flexibility index (Phi) is 4.00. The summed E-state index contributed by atoms with van der Waals surface area (Å²) in [6, 6.07) is 7.19. The molecule has 2 N–H and O–H groups in total. The first-order valence-corrected chi connectivity index (χ1v) is 7.72. The summed E-state index contributed by atoms with van der Waals surface area (Å²) in [5, 5.41) is 10.9. The number of pyridine rings is 1. The molecule has 1 aromatic carbocycles. The number of aliphatic hydroxyl groups is 1. The molecule has 0 atom stereocenters. The third kappa shape index (κ3) is 3.16. The molecule has 0 aliphatic carbocycles. The first kappa shape index (κ1) is 15.8. The fourth-order valence-electron chi connectivity index (χ4n) is 2.53. The largest absolute Gasteiger partial charge is 0.396 e. The van der Waals surface area contributed by atoms with E-state index < -0.39 is 0 Å². The maximum Gasteiger partial charge on any atom is 0.259 e. The van der Waals surface area contributed by atoms with Gasteiger partial charge in [-0.1, -0.05) is 31.5 Å². The number of fused-ring (bicyclic) bond motifs is 1. The van der Waals surface area contributed by atoms with Gasteiger partial charge in [-0.3, -0.25) is 4.79 Å². The van der Waals surface area contributed by atoms with Crippen LogP contribution < -0.4 is 5.56 Å². The van der Waals surface area contributed by atoms with E-state index in [2.05, 4.69) is 9.97 Å². The number of nitrogens with zero attached hydrogens (tertiary/aromatic N) is 2. The minimum atomic E-state index is -0.299. The Labute approximate surface area is 138 Å². The van der Waals surface area contributed by atoms with Crippen LogP contribution in [-0.4, -0.2) is 26.2 Å². The molecule has 0 spiro atoms. The molecule has 0 aliphatic heterocycles. The molecule has 5 nitrogen and oxygen atoms in total. The zero-order chi connectivity index (χ0) is 16.6. The van der Waals surface area contributed by atoms with Gasteiger partial charge in [0.1, 0.15) is 5.82 Å². The van der Waals surface area contributed by atoms with Crippen molar-refractivity contribution in [2.24, 2.45) is 5.41 Å². The summed E-state index contributed by atoms with van der Waals surface area (Å²) >= 11 is 5.96. The normalized spacial score (nSPS) is 12.0. The predicted molar refractivity (Wildman–Crippen MR) is 91.7 cm³/mol. The second kappa shape index (κ2) is 5.83. The fraction of sp³-hybridized carbons (Fsp3) is 0.294. The van der Waals surface area contributed by atoms with Gasteiger partial charge in [-0.05, 0) is 23.6 Å². The predicted octanol–water partition coefficient (Wildman–Crippen LogP) is 3.06. The molecular formula is C17H18ClN3O2. The third-order valence-electron chi connectivity index (χ3n) is 3.79. The Morgan fingerprint density at radius 1 is 1.35 bits per heavy atom. The number of imidazole rings is 1. The number of rotatable bonds is 4. The van der Waals surface area contributed by atoms with Crippen LogP contribution in [0.2, 0.25) is 5.02 Å². The van der Waals surface area contributed by atoms with Crippen LogP contribution >= 0.6 is 11.6 Å². The molecule has 6 heteroatoms. The number of aliphatic hydroxyl groups excluding tert-OH is 1. The van der Waals surface area contributed by atoms with Crippen molar-refractivity contribution in [1.29, 1.82) is 0 Å². The summed E-state index contributed by atoms with van der Waals surface area (Å²) in [5.41, 5.74) is 0.680. The molecule has 0 unspecified atom stereocenters. The van der Waals surface area contributed by atoms with E-state index in [1.165, 1.54) is 0 Å². The molecule has 0 fully saturated rings. The number of halogens is 1. The molecule has 120 valence electrons. The lowest BCUT2D eigenvalue weighted by molar-refractivity contribution is 0.141. The van der Waals surface area contributed by atoms with Crippen molar-refractivity contribution in [2.75, 3.05) is 6.61 Å². The molecule has 0 radical (unpaired) electrons. The Hall–Kier alpha value is -2.11. The van der Waals surface area contributed by atoms with E-state index in [-0.39, 0.29) is 17.6 Å². The highest BCUT2D eigenvalue weighted by molar-refractivity contribution is 6.31. The molecule has 3 rings (SSSR count). The van der Waals surface area contributed by atoms with Crippen molar-refractivity contribution in [3.05, 3.63) is 52.0 Å². The summed E-state index contributed by atoms with van der Waals surface area (Å²) in [6.45, 7) is 4.54. The highest BCUT2D eigenvalue weighted by Crippen LogP contribution is 2.24. The summed E-state index contributed by atoms with van der Waals surface area (Å²) in [6.07, 6.45) is 3.48. The maximum atomic E-state index is 12.4. The topological polar surface area (TPSA) is 70.9 Å². The van der Waals surface area contributed by atoms with Crippen LogP contribution in [0.1, 0.15) is 13.8 Å². The Balaban J connectivity index is 2.11. The molecule has 3 aromatic rings. The lowest BCUT2D eigenvalue weighted by Crippen LogP contribution is -2.24. The monoisotopic (exact) mass is 331 g/mol. The molecule has 0 bridgehead atoms. The zero-order valence-corrected chi connectivity index (χ0v) is 13.8. The van der Waals surface area contributed by atoms with Crippen molar-refractivity contribution >= 4 is 22.5 Å². The number of benzene rings is 1. The zero-order valence-electron chi connectivity index (χ0n) is 13.0. The van der Waals surface area contributed by atoms with Crippen LogP contribution in [0.5, 0.6) is 0 Å². The summed E-state index contributed by atoms with van der Waals surface area (Å²) < 4.78 is 1.89. The van der Waals surface area contributed by atoms with Crippen LogP contribution in [0, 0.1) is 5.41 Å². The van der Waals surface area contributed by atoms with Crippen LogP contribution in [0.4, 0.5) is 0 Å². The molecule has 0 saturated heterocycles. The van der Waals surface area contributed by atoms with E-state index in [9.17, 15) is 9.90 Å². The molecule has 0 amide bonds. The first-order chi connectivity index (χ1) is 10.9. The molecular weight excluding hydrogens is 314 g/mol. The van der Waals surface area contributed by atoms with Gasteiger partial charge in [0.05, 0.1) is 5.56 Å². The van der Waals surface area contributed by atoms with Crippen molar-refractivity contribution in [2.45, 2.75) is 20.4 Å². The van der Waals surface area contributed by atoms with E-state index in [1.54, 1.807) is 18.3 Å². The molecule has 0 aliphatic rings. The second-order valence-electron chi connectivity index (χ2n) is 6.44. The number of nitrogens with one attached hydrogen (secondary N) is 1. The average molecular weight is 332 g/mol. The second-order valence-corrected chi connectivity index (χ2v) is 6.88. The van der Waals surface area contributed by atoms with E-state index in [0.29, 0.717) is 28.5 Å². The van der Waals surface area contributed by atoms with Gasteiger partial charge in [-0.15, -0.1) is 0 Å². The van der Waals surface area contributed by atoms with Crippen LogP contribution in [0.15, 0.2) is 41.5 Å². The SMILES string of the molecule is CC(C)(CO)Cn1ccnc1-c1cc2ccc(Cl)cc2[nH]c1=O. The number of hydrogen-bond donors (Lipinski definition) is 2. The lowest BCUT2D eigenvalue weighted by Gasteiger charge is -2.23. The highest BCUT2D eigenvalue weighted by Gasteiger charge is 2.20. The van der Waals surface area contributed by atoms with Crippen LogP contribution in [-0.2, 0) is 6.54 Å². The smallest absolute Gasteiger partial charge is 0.259 e. The van der Waals surface area contributed by atoms with E-state index in [4.69, 9.17) is 11.6 Å². The van der Waals surface area contributed by atoms with Gasteiger partial charge in [0.2, 0.25) is 0 Å². The maximum absolute atomic E-state index is 12.4. The quantitative estimate of drug-likeness (QED) is 0.771. The van der Waals surface area contributed by atoms with Crippen LogP contribution in [0.3, 0.4) is 0 Å². The Morgan fingerprint density at radius 3 is 2.87 bits per heavy atom. The molecule has 2 heterocycles. The minimum Gasteiger partial charge on any atom is -0.396 e. The van der Waals surface area contributed by atoms with Gasteiger partial charge < -0.3 is 14.7 Å². The molecule has 23 heavy (non-hydrogen) atoms. The van der Waals surface area contributed by atoms with Gasteiger partial charge in [-0.25, -0.2) is 4.98 Å². The van der Waals surface area contributed by atoms with Crippen molar-refractivity contribution in [3.63, 3.8) is 0 Å². The lowest BCUT2D eigenvalue weighted by atomic mass is 9.95. The van der Waals surface area contributed by atoms with Crippen molar-refractivity contribution in [1.82, 2.24) is 14.5 Å². The van der Waals surface area contributed by atoms with Gasteiger partial charge in [0, 0.05) is 41.5 Å². The third-order valence-corrected chi connectivity index (χ3v) is 4.03. The summed E-state index contributed by atoms with van der Waals surface area (Å²) in [7, 11) is 0. The van der Waals surface area contributed by atoms with Crippen molar-refractivity contribution in [3.8, 4) is 11.4 Å². The number of H-pyrrole nitrogens is 1. The van der Waals surface area contributed by atoms with Gasteiger partial charge in [-0.2, -0.15) is 0 Å². The first-order valence-electron chi connectivity index (χ1n) is 7.34. The number of aromatic amines is 1. The molecule has 0 saturated carbocycles. The minimum absolute atomic E-state index is 0.0528. The standard InChI is InChI=1S/C17H18ClN3O2/c1-17(2,10-22)9-21-6-5-19-15(21)13-7-11-3-4-12(18)8-14(11)20-16(13)23/h3-8,22H,9-10H2,1-2H3,(H,20,23). The van der Waals surface area contributed by atoms with E-state index >= 15 is 0 Å². The fourth-order valence-corrected chi connectivity index (χ4v) is 2.70. The summed E-state index contributed by atoms with van der Waals surface area (Å²) in [5.74, 6) is 0.588.